The van der Waals surface area contributed by atoms with Crippen LogP contribution in [0.1, 0.15) is 36.8 Å². The molecule has 0 saturated carbocycles. The topological polar surface area (TPSA) is 39.7 Å². The maximum absolute atomic E-state index is 5.75. The Morgan fingerprint density at radius 2 is 1.92 bits per heavy atom. The summed E-state index contributed by atoms with van der Waals surface area (Å²) in [5.74, 6) is 3.32. The van der Waals surface area contributed by atoms with E-state index < -0.39 is 0 Å². The number of hydrogen-bond donors (Lipinski definition) is 1. The number of hydrogen-bond acceptors (Lipinski definition) is 4. The maximum atomic E-state index is 5.75. The van der Waals surface area contributed by atoms with Crippen molar-refractivity contribution >= 4 is 0 Å². The molecule has 0 fully saturated rings. The minimum absolute atomic E-state index is 0.337. The monoisotopic (exact) mass is 339 g/mol. The third-order valence-electron chi connectivity index (χ3n) is 5.10. The molecule has 0 bridgehead atoms. The van der Waals surface area contributed by atoms with E-state index in [0.29, 0.717) is 18.8 Å². The minimum Gasteiger partial charge on any atom is -0.493 e. The zero-order chi connectivity index (χ0) is 17.1. The third-order valence-corrected chi connectivity index (χ3v) is 5.10. The van der Waals surface area contributed by atoms with Crippen LogP contribution in [-0.2, 0) is 6.42 Å². The van der Waals surface area contributed by atoms with Crippen LogP contribution in [0.4, 0.5) is 0 Å². The molecule has 25 heavy (non-hydrogen) atoms. The molecule has 0 amide bonds. The van der Waals surface area contributed by atoms with Gasteiger partial charge in [0.25, 0.3) is 0 Å². The average molecular weight is 339 g/mol. The van der Waals surface area contributed by atoms with Crippen LogP contribution >= 0.6 is 0 Å². The van der Waals surface area contributed by atoms with Gasteiger partial charge in [0.2, 0.25) is 6.79 Å². The van der Waals surface area contributed by atoms with Gasteiger partial charge in [-0.25, -0.2) is 0 Å². The molecule has 2 aromatic rings. The quantitative estimate of drug-likeness (QED) is 0.867. The number of para-hydroxylation sites is 1. The average Bonchev–Trinajstić information content (AvgIpc) is 3.12. The summed E-state index contributed by atoms with van der Waals surface area (Å²) in [7, 11) is 0. The molecule has 0 aromatic heterocycles. The second kappa shape index (κ2) is 7.36. The van der Waals surface area contributed by atoms with Crippen LogP contribution in [0, 0.1) is 0 Å². The first kappa shape index (κ1) is 16.3. The molecule has 0 aliphatic carbocycles. The second-order valence-corrected chi connectivity index (χ2v) is 6.91. The normalized spacial score (nSPS) is 19.2. The Balaban J connectivity index is 1.28. The fraction of sp³-hybridized carbons (Fsp3) is 0.429. The third kappa shape index (κ3) is 3.74. The lowest BCUT2D eigenvalue weighted by atomic mass is 9.92. The van der Waals surface area contributed by atoms with Crippen molar-refractivity contribution in [1.82, 2.24) is 5.32 Å². The van der Waals surface area contributed by atoms with Gasteiger partial charge >= 0.3 is 0 Å². The summed E-state index contributed by atoms with van der Waals surface area (Å²) in [6.45, 7) is 4.42. The van der Waals surface area contributed by atoms with Crippen LogP contribution in [0.15, 0.2) is 42.5 Å². The molecule has 2 aliphatic rings. The first-order chi connectivity index (χ1) is 12.3. The molecular weight excluding hydrogens is 314 g/mol. The first-order valence-corrected chi connectivity index (χ1v) is 9.13. The standard InChI is InChI=1S/C21H25NO3/c1-15(6-7-16-8-9-20-21(12-16)25-14-24-20)22-13-17-10-11-23-19-5-3-2-4-18(17)19/h2-5,8-9,12,15,17,22H,6-7,10-11,13-14H2,1H3. The predicted molar refractivity (Wildman–Crippen MR) is 97.6 cm³/mol. The largest absolute Gasteiger partial charge is 0.493 e. The first-order valence-electron chi connectivity index (χ1n) is 9.13. The van der Waals surface area contributed by atoms with Crippen molar-refractivity contribution in [3.05, 3.63) is 53.6 Å². The Morgan fingerprint density at radius 1 is 1.04 bits per heavy atom. The van der Waals surface area contributed by atoms with E-state index in [1.807, 2.05) is 12.1 Å². The molecular formula is C21H25NO3. The SMILES string of the molecule is CC(CCc1ccc2c(c1)OCO2)NCC1CCOc2ccccc21. The highest BCUT2D eigenvalue weighted by Crippen LogP contribution is 2.34. The highest BCUT2D eigenvalue weighted by molar-refractivity contribution is 5.44. The van der Waals surface area contributed by atoms with E-state index in [1.54, 1.807) is 0 Å². The number of aryl methyl sites for hydroxylation is 1. The Hall–Kier alpha value is -2.20. The molecule has 4 heteroatoms. The van der Waals surface area contributed by atoms with E-state index in [1.165, 1.54) is 11.1 Å². The highest BCUT2D eigenvalue weighted by Gasteiger charge is 2.21. The summed E-state index contributed by atoms with van der Waals surface area (Å²) < 4.78 is 16.6. The maximum Gasteiger partial charge on any atom is 0.231 e. The Labute approximate surface area is 149 Å². The van der Waals surface area contributed by atoms with E-state index in [2.05, 4.69) is 42.6 Å². The zero-order valence-corrected chi connectivity index (χ0v) is 14.7. The molecule has 0 radical (unpaired) electrons. The molecule has 132 valence electrons. The van der Waals surface area contributed by atoms with Crippen molar-refractivity contribution in [2.24, 2.45) is 0 Å². The van der Waals surface area contributed by atoms with Crippen LogP contribution in [0.5, 0.6) is 17.2 Å². The van der Waals surface area contributed by atoms with Gasteiger partial charge in [-0.05, 0) is 55.5 Å². The van der Waals surface area contributed by atoms with Gasteiger partial charge in [-0.3, -0.25) is 0 Å². The molecule has 2 heterocycles. The molecule has 4 nitrogen and oxygen atoms in total. The summed E-state index contributed by atoms with van der Waals surface area (Å²) in [4.78, 5) is 0. The summed E-state index contributed by atoms with van der Waals surface area (Å²) in [6, 6.07) is 15.1. The van der Waals surface area contributed by atoms with Crippen molar-refractivity contribution < 1.29 is 14.2 Å². The van der Waals surface area contributed by atoms with Gasteiger partial charge in [-0.2, -0.15) is 0 Å². The molecule has 0 spiro atoms. The second-order valence-electron chi connectivity index (χ2n) is 6.91. The van der Waals surface area contributed by atoms with Crippen molar-refractivity contribution in [1.29, 1.82) is 0 Å². The lowest BCUT2D eigenvalue weighted by Gasteiger charge is -2.27. The number of benzene rings is 2. The fourth-order valence-corrected chi connectivity index (χ4v) is 3.55. The molecule has 4 rings (SSSR count). The van der Waals surface area contributed by atoms with Gasteiger partial charge in [0.05, 0.1) is 6.61 Å². The summed E-state index contributed by atoms with van der Waals surface area (Å²) in [6.07, 6.45) is 3.22. The van der Waals surface area contributed by atoms with E-state index in [0.717, 1.165) is 49.7 Å². The van der Waals surface area contributed by atoms with Crippen LogP contribution in [0.2, 0.25) is 0 Å². The van der Waals surface area contributed by atoms with Gasteiger partial charge in [0.1, 0.15) is 5.75 Å². The lowest BCUT2D eigenvalue weighted by molar-refractivity contribution is 0.174. The van der Waals surface area contributed by atoms with E-state index in [9.17, 15) is 0 Å². The summed E-state index contributed by atoms with van der Waals surface area (Å²) >= 11 is 0. The smallest absolute Gasteiger partial charge is 0.231 e. The van der Waals surface area contributed by atoms with Gasteiger partial charge < -0.3 is 19.5 Å². The van der Waals surface area contributed by atoms with Crippen molar-refractivity contribution in [3.8, 4) is 17.2 Å². The van der Waals surface area contributed by atoms with Gasteiger partial charge in [0, 0.05) is 18.5 Å². The number of fused-ring (bicyclic) bond motifs is 2. The Kier molecular flexibility index (Phi) is 4.79. The fourth-order valence-electron chi connectivity index (χ4n) is 3.55. The number of rotatable bonds is 6. The van der Waals surface area contributed by atoms with Crippen LogP contribution < -0.4 is 19.5 Å². The van der Waals surface area contributed by atoms with Crippen LogP contribution in [0.3, 0.4) is 0 Å². The molecule has 2 atom stereocenters. The predicted octanol–water partition coefficient (Wildman–Crippen LogP) is 3.89. The summed E-state index contributed by atoms with van der Waals surface area (Å²) in [5.41, 5.74) is 2.64. The van der Waals surface area contributed by atoms with Gasteiger partial charge in [-0.1, -0.05) is 24.3 Å². The van der Waals surface area contributed by atoms with Gasteiger partial charge in [0.15, 0.2) is 11.5 Å². The van der Waals surface area contributed by atoms with Crippen molar-refractivity contribution in [2.75, 3.05) is 19.9 Å². The molecule has 0 saturated heterocycles. The van der Waals surface area contributed by atoms with Crippen LogP contribution in [0.25, 0.3) is 0 Å². The van der Waals surface area contributed by atoms with Crippen molar-refractivity contribution in [2.45, 2.75) is 38.1 Å². The molecule has 2 aromatic carbocycles. The zero-order valence-electron chi connectivity index (χ0n) is 14.7. The highest BCUT2D eigenvalue weighted by atomic mass is 16.7. The molecule has 2 aliphatic heterocycles. The minimum atomic E-state index is 0.337. The Bertz CT molecular complexity index is 731. The Morgan fingerprint density at radius 3 is 2.88 bits per heavy atom. The van der Waals surface area contributed by atoms with Crippen molar-refractivity contribution in [3.63, 3.8) is 0 Å². The summed E-state index contributed by atoms with van der Waals surface area (Å²) in [5, 5.41) is 3.70. The lowest BCUT2D eigenvalue weighted by Crippen LogP contribution is -2.32. The van der Waals surface area contributed by atoms with Gasteiger partial charge in [-0.15, -0.1) is 0 Å². The molecule has 1 N–H and O–H groups in total. The van der Waals surface area contributed by atoms with E-state index in [4.69, 9.17) is 14.2 Å². The molecule has 2 unspecified atom stereocenters. The van der Waals surface area contributed by atoms with Crippen LogP contribution in [-0.4, -0.2) is 26.0 Å². The number of ether oxygens (including phenoxy) is 3. The number of nitrogens with one attached hydrogen (secondary N) is 1. The van der Waals surface area contributed by atoms with E-state index in [-0.39, 0.29) is 0 Å². The van der Waals surface area contributed by atoms with E-state index >= 15 is 0 Å².